The summed E-state index contributed by atoms with van der Waals surface area (Å²) in [4.78, 5) is 12.0. The molecule has 0 radical (unpaired) electrons. The van der Waals surface area contributed by atoms with Crippen molar-refractivity contribution < 1.29 is 0 Å². The first-order chi connectivity index (χ1) is 13.7. The second-order valence-electron chi connectivity index (χ2n) is 7.77. The Labute approximate surface area is 165 Å². The van der Waals surface area contributed by atoms with Gasteiger partial charge in [0.25, 0.3) is 0 Å². The molecule has 2 aromatic carbocycles. The molecular formula is C24H24N4. The molecule has 4 aromatic rings. The molecule has 0 atom stereocenters. The van der Waals surface area contributed by atoms with E-state index in [9.17, 15) is 0 Å². The van der Waals surface area contributed by atoms with Crippen molar-refractivity contribution in [3.05, 3.63) is 83.3 Å². The first-order valence-corrected chi connectivity index (χ1v) is 9.84. The van der Waals surface area contributed by atoms with Gasteiger partial charge in [-0.05, 0) is 30.5 Å². The van der Waals surface area contributed by atoms with Crippen LogP contribution in [0.2, 0.25) is 0 Å². The minimum Gasteiger partial charge on any atom is -0.350 e. The first kappa shape index (κ1) is 17.1. The average molecular weight is 368 g/mol. The Kier molecular flexibility index (Phi) is 4.21. The van der Waals surface area contributed by atoms with Crippen molar-refractivity contribution in [1.29, 1.82) is 0 Å². The lowest BCUT2D eigenvalue weighted by Crippen LogP contribution is -2.31. The average Bonchev–Trinajstić information content (AvgIpc) is 3.04. The van der Waals surface area contributed by atoms with E-state index < -0.39 is 0 Å². The molecule has 4 nitrogen and oxygen atoms in total. The predicted molar refractivity (Wildman–Crippen MR) is 113 cm³/mol. The van der Waals surface area contributed by atoms with Crippen molar-refractivity contribution in [3.63, 3.8) is 0 Å². The maximum Gasteiger partial charge on any atom is 0.159 e. The molecule has 5 rings (SSSR count). The molecule has 3 heterocycles. The van der Waals surface area contributed by atoms with Gasteiger partial charge in [0.1, 0.15) is 0 Å². The molecule has 0 aliphatic carbocycles. The second kappa shape index (κ2) is 6.88. The lowest BCUT2D eigenvalue weighted by atomic mass is 10.0. The molecule has 0 bridgehead atoms. The van der Waals surface area contributed by atoms with Crippen LogP contribution in [0.4, 0.5) is 0 Å². The number of para-hydroxylation sites is 1. The molecule has 0 unspecified atom stereocenters. The minimum atomic E-state index is 0.825. The molecule has 0 N–H and O–H groups in total. The van der Waals surface area contributed by atoms with Gasteiger partial charge in [0, 0.05) is 55.5 Å². The molecule has 0 fully saturated rings. The van der Waals surface area contributed by atoms with Crippen LogP contribution in [0.5, 0.6) is 0 Å². The number of aryl methyl sites for hydroxylation is 2. The van der Waals surface area contributed by atoms with Crippen LogP contribution in [-0.4, -0.2) is 26.0 Å². The Balaban J connectivity index is 1.41. The number of fused-ring (bicyclic) bond motifs is 2. The zero-order chi connectivity index (χ0) is 19.1. The van der Waals surface area contributed by atoms with Crippen molar-refractivity contribution >= 4 is 10.9 Å². The highest BCUT2D eigenvalue weighted by Crippen LogP contribution is 2.25. The van der Waals surface area contributed by atoms with Crippen LogP contribution in [0.3, 0.4) is 0 Å². The summed E-state index contributed by atoms with van der Waals surface area (Å²) in [6.07, 6.45) is 5.29. The van der Waals surface area contributed by atoms with E-state index in [1.165, 1.54) is 27.6 Å². The summed E-state index contributed by atoms with van der Waals surface area (Å²) in [6, 6.07) is 17.1. The van der Waals surface area contributed by atoms with Crippen LogP contribution < -0.4 is 0 Å². The standard InChI is InChI=1S/C24H24N4/c1-17-7-9-18(10-8-17)24-25-13-19-11-12-28(16-22(19)26-24)15-20-14-27(2)23-6-4-3-5-21(20)23/h3-10,13-14H,11-12,15-16H2,1-2H3. The smallest absolute Gasteiger partial charge is 0.159 e. The maximum atomic E-state index is 4.91. The topological polar surface area (TPSA) is 34.0 Å². The van der Waals surface area contributed by atoms with E-state index in [1.807, 2.05) is 6.20 Å². The number of nitrogens with zero attached hydrogens (tertiary/aromatic N) is 4. The Hall–Kier alpha value is -2.98. The predicted octanol–water partition coefficient (Wildman–Crippen LogP) is 4.50. The van der Waals surface area contributed by atoms with Crippen LogP contribution in [0.1, 0.15) is 22.4 Å². The molecule has 4 heteroatoms. The fourth-order valence-electron chi connectivity index (χ4n) is 4.13. The van der Waals surface area contributed by atoms with Crippen molar-refractivity contribution in [1.82, 2.24) is 19.4 Å². The molecule has 1 aliphatic rings. The van der Waals surface area contributed by atoms with E-state index in [0.717, 1.165) is 43.1 Å². The molecule has 2 aromatic heterocycles. The van der Waals surface area contributed by atoms with Crippen LogP contribution in [0, 0.1) is 6.92 Å². The van der Waals surface area contributed by atoms with Crippen LogP contribution in [0.15, 0.2) is 60.9 Å². The molecule has 140 valence electrons. The summed E-state index contributed by atoms with van der Waals surface area (Å²) in [5.74, 6) is 0.825. The van der Waals surface area contributed by atoms with E-state index in [2.05, 4.69) is 83.2 Å². The van der Waals surface area contributed by atoms with E-state index in [1.54, 1.807) is 0 Å². The van der Waals surface area contributed by atoms with E-state index >= 15 is 0 Å². The number of hydrogen-bond acceptors (Lipinski definition) is 3. The van der Waals surface area contributed by atoms with Gasteiger partial charge in [0.15, 0.2) is 5.82 Å². The summed E-state index contributed by atoms with van der Waals surface area (Å²) in [7, 11) is 2.12. The monoisotopic (exact) mass is 368 g/mol. The highest BCUT2D eigenvalue weighted by Gasteiger charge is 2.20. The van der Waals surface area contributed by atoms with E-state index in [-0.39, 0.29) is 0 Å². The summed E-state index contributed by atoms with van der Waals surface area (Å²) in [5.41, 5.74) is 7.46. The maximum absolute atomic E-state index is 4.91. The number of aromatic nitrogens is 3. The summed E-state index contributed by atoms with van der Waals surface area (Å²) in [5, 5.41) is 1.35. The van der Waals surface area contributed by atoms with Gasteiger partial charge in [-0.15, -0.1) is 0 Å². The van der Waals surface area contributed by atoms with Crippen molar-refractivity contribution in [2.24, 2.45) is 7.05 Å². The molecule has 28 heavy (non-hydrogen) atoms. The van der Waals surface area contributed by atoms with Crippen molar-refractivity contribution in [2.45, 2.75) is 26.4 Å². The summed E-state index contributed by atoms with van der Waals surface area (Å²) < 4.78 is 2.22. The van der Waals surface area contributed by atoms with Crippen molar-refractivity contribution in [3.8, 4) is 11.4 Å². The lowest BCUT2D eigenvalue weighted by molar-refractivity contribution is 0.242. The van der Waals surface area contributed by atoms with Crippen LogP contribution in [0.25, 0.3) is 22.3 Å². The zero-order valence-corrected chi connectivity index (χ0v) is 16.4. The highest BCUT2D eigenvalue weighted by molar-refractivity contribution is 5.83. The largest absolute Gasteiger partial charge is 0.350 e. The Morgan fingerprint density at radius 3 is 2.71 bits per heavy atom. The number of rotatable bonds is 3. The highest BCUT2D eigenvalue weighted by atomic mass is 15.1. The normalized spacial score (nSPS) is 14.4. The van der Waals surface area contributed by atoms with Crippen molar-refractivity contribution in [2.75, 3.05) is 6.54 Å². The Morgan fingerprint density at radius 1 is 1.04 bits per heavy atom. The third-order valence-electron chi connectivity index (χ3n) is 5.71. The molecule has 0 spiro atoms. The van der Waals surface area contributed by atoms with Gasteiger partial charge in [0.05, 0.1) is 5.69 Å². The molecular weight excluding hydrogens is 344 g/mol. The fourth-order valence-corrected chi connectivity index (χ4v) is 4.13. The Bertz CT molecular complexity index is 1140. The first-order valence-electron chi connectivity index (χ1n) is 9.84. The third-order valence-corrected chi connectivity index (χ3v) is 5.71. The van der Waals surface area contributed by atoms with Gasteiger partial charge in [-0.3, -0.25) is 4.90 Å². The molecule has 0 saturated heterocycles. The summed E-state index contributed by atoms with van der Waals surface area (Å²) >= 11 is 0. The fraction of sp³-hybridized carbons (Fsp3) is 0.250. The lowest BCUT2D eigenvalue weighted by Gasteiger charge is -2.27. The SMILES string of the molecule is Cc1ccc(-c2ncc3c(n2)CN(Cc2cn(C)c4ccccc24)CC3)cc1. The van der Waals surface area contributed by atoms with Gasteiger partial charge >= 0.3 is 0 Å². The molecule has 0 amide bonds. The molecule has 0 saturated carbocycles. The quantitative estimate of drug-likeness (QED) is 0.534. The summed E-state index contributed by atoms with van der Waals surface area (Å²) in [6.45, 7) is 4.97. The minimum absolute atomic E-state index is 0.825. The van der Waals surface area contributed by atoms with Gasteiger partial charge < -0.3 is 4.57 Å². The van der Waals surface area contributed by atoms with E-state index in [0.29, 0.717) is 0 Å². The Morgan fingerprint density at radius 2 is 1.86 bits per heavy atom. The molecule has 1 aliphatic heterocycles. The zero-order valence-electron chi connectivity index (χ0n) is 16.4. The van der Waals surface area contributed by atoms with E-state index in [4.69, 9.17) is 4.98 Å². The second-order valence-corrected chi connectivity index (χ2v) is 7.77. The van der Waals surface area contributed by atoms with Gasteiger partial charge in [0.2, 0.25) is 0 Å². The third kappa shape index (κ3) is 3.10. The van der Waals surface area contributed by atoms with Gasteiger partial charge in [-0.1, -0.05) is 48.0 Å². The number of benzene rings is 2. The van der Waals surface area contributed by atoms with Gasteiger partial charge in [-0.25, -0.2) is 9.97 Å². The van der Waals surface area contributed by atoms with Gasteiger partial charge in [-0.2, -0.15) is 0 Å². The number of hydrogen-bond donors (Lipinski definition) is 0. The van der Waals surface area contributed by atoms with Crippen LogP contribution >= 0.6 is 0 Å². The van der Waals surface area contributed by atoms with Crippen LogP contribution in [-0.2, 0) is 26.6 Å².